The van der Waals surface area contributed by atoms with Gasteiger partial charge in [0.2, 0.25) is 0 Å². The lowest BCUT2D eigenvalue weighted by atomic mass is 9.66. The van der Waals surface area contributed by atoms with Crippen LogP contribution in [0.3, 0.4) is 0 Å². The molecule has 5 rings (SSSR count). The first kappa shape index (κ1) is 25.9. The van der Waals surface area contributed by atoms with Crippen LogP contribution < -0.4 is 0 Å². The Morgan fingerprint density at radius 1 is 0.829 bits per heavy atom. The van der Waals surface area contributed by atoms with Crippen molar-refractivity contribution in [2.75, 3.05) is 13.7 Å². The summed E-state index contributed by atoms with van der Waals surface area (Å²) in [6.07, 6.45) is -4.10. The lowest BCUT2D eigenvalue weighted by molar-refractivity contribution is -0.212. The van der Waals surface area contributed by atoms with Crippen molar-refractivity contribution < 1.29 is 49.6 Å². The minimum absolute atomic E-state index is 0.0819. The van der Waals surface area contributed by atoms with Gasteiger partial charge in [0, 0.05) is 32.5 Å². The molecule has 0 bridgehead atoms. The van der Waals surface area contributed by atoms with Crippen LogP contribution in [0, 0.1) is 29.6 Å². The third-order valence-corrected chi connectivity index (χ3v) is 9.54. The molecule has 10 heteroatoms. The molecule has 35 heavy (non-hydrogen) atoms. The van der Waals surface area contributed by atoms with Crippen molar-refractivity contribution in [1.29, 1.82) is 0 Å². The summed E-state index contributed by atoms with van der Waals surface area (Å²) in [5.74, 6) is -1.96. The van der Waals surface area contributed by atoms with Gasteiger partial charge in [0.25, 0.3) is 0 Å². The second-order valence-electron chi connectivity index (χ2n) is 11.5. The normalized spacial score (nSPS) is 54.8. The lowest BCUT2D eigenvalue weighted by Crippen LogP contribution is -2.61. The first-order chi connectivity index (χ1) is 16.7. The Bertz CT molecular complexity index is 765. The summed E-state index contributed by atoms with van der Waals surface area (Å²) in [7, 11) is 1.58. The molecular weight excluding hydrogens is 460 g/mol. The van der Waals surface area contributed by atoms with E-state index in [2.05, 4.69) is 0 Å². The number of Topliss-reactive ketones (excluding diaryl/α,β-unsaturated/α-hetero) is 1. The molecule has 0 amide bonds. The van der Waals surface area contributed by atoms with Gasteiger partial charge in [0.15, 0.2) is 5.78 Å². The Morgan fingerprint density at radius 3 is 2.31 bits per heavy atom. The molecule has 0 aromatic rings. The van der Waals surface area contributed by atoms with E-state index in [1.54, 1.807) is 7.11 Å². The maximum atomic E-state index is 13.0. The van der Waals surface area contributed by atoms with Crippen LogP contribution in [0.1, 0.15) is 44.9 Å². The van der Waals surface area contributed by atoms with E-state index >= 15 is 0 Å². The molecule has 5 aliphatic rings. The third kappa shape index (κ3) is 4.59. The van der Waals surface area contributed by atoms with Gasteiger partial charge in [-0.1, -0.05) is 0 Å². The minimum Gasteiger partial charge on any atom is -0.396 e. The molecule has 2 saturated heterocycles. The summed E-state index contributed by atoms with van der Waals surface area (Å²) in [4.78, 5) is 13.0. The first-order valence-electron chi connectivity index (χ1n) is 13.1. The Balaban J connectivity index is 1.32. The van der Waals surface area contributed by atoms with E-state index in [0.717, 1.165) is 6.42 Å². The lowest BCUT2D eigenvalue weighted by Gasteiger charge is -2.48. The molecule has 200 valence electrons. The van der Waals surface area contributed by atoms with Crippen LogP contribution in [0.2, 0.25) is 0 Å². The van der Waals surface area contributed by atoms with Crippen molar-refractivity contribution in [2.45, 2.75) is 106 Å². The number of ketones is 1. The summed E-state index contributed by atoms with van der Waals surface area (Å²) < 4.78 is 18.0. The molecule has 6 N–H and O–H groups in total. The average molecular weight is 501 g/mol. The maximum absolute atomic E-state index is 13.0. The van der Waals surface area contributed by atoms with Crippen molar-refractivity contribution in [2.24, 2.45) is 29.6 Å². The zero-order chi connectivity index (χ0) is 25.0. The fourth-order valence-electron chi connectivity index (χ4n) is 7.81. The zero-order valence-corrected chi connectivity index (χ0v) is 20.1. The monoisotopic (exact) mass is 500 g/mol. The number of aliphatic hydroxyl groups excluding tert-OH is 6. The van der Waals surface area contributed by atoms with Gasteiger partial charge in [0.1, 0.15) is 6.10 Å². The molecule has 5 fully saturated rings. The van der Waals surface area contributed by atoms with Crippen molar-refractivity contribution in [3.63, 3.8) is 0 Å². The Hall–Kier alpha value is -0.690. The molecule has 13 unspecified atom stereocenters. The number of fused-ring (bicyclic) bond motifs is 2. The number of hydrogen-bond acceptors (Lipinski definition) is 10. The number of ether oxygens (including phenoxy) is 3. The maximum Gasteiger partial charge on any atom is 0.172 e. The van der Waals surface area contributed by atoms with Crippen molar-refractivity contribution in [1.82, 2.24) is 0 Å². The molecular formula is C25H40O10. The summed E-state index contributed by atoms with van der Waals surface area (Å²) in [5.41, 5.74) is 0. The molecule has 2 aliphatic heterocycles. The quantitative estimate of drug-likeness (QED) is 0.275. The summed E-state index contributed by atoms with van der Waals surface area (Å²) >= 11 is 0. The highest BCUT2D eigenvalue weighted by molar-refractivity contribution is 5.87. The van der Waals surface area contributed by atoms with Crippen LogP contribution in [0.25, 0.3) is 0 Å². The number of hydrogen-bond donors (Lipinski definition) is 6. The molecule has 2 heterocycles. The SMILES string of the molecule is COC1CC(C2OC3C(O)CC([C@H]4OC5CC(O)CC(O)C5C(=O)[C@@H]4O)CC3C2CO)CCC1O. The fraction of sp³-hybridized carbons (Fsp3) is 0.960. The van der Waals surface area contributed by atoms with Crippen LogP contribution in [-0.2, 0) is 19.0 Å². The van der Waals surface area contributed by atoms with Gasteiger partial charge in [-0.2, -0.15) is 0 Å². The minimum atomic E-state index is -1.41. The highest BCUT2D eigenvalue weighted by atomic mass is 16.5. The van der Waals surface area contributed by atoms with Gasteiger partial charge >= 0.3 is 0 Å². The van der Waals surface area contributed by atoms with Gasteiger partial charge in [-0.15, -0.1) is 0 Å². The molecule has 0 spiro atoms. The zero-order valence-electron chi connectivity index (χ0n) is 20.1. The van der Waals surface area contributed by atoms with Crippen LogP contribution >= 0.6 is 0 Å². The predicted molar refractivity (Wildman–Crippen MR) is 120 cm³/mol. The highest BCUT2D eigenvalue weighted by Gasteiger charge is 2.57. The summed E-state index contributed by atoms with van der Waals surface area (Å²) in [6.45, 7) is -0.113. The molecule has 0 aromatic carbocycles. The Kier molecular flexibility index (Phi) is 7.58. The van der Waals surface area contributed by atoms with Gasteiger partial charge in [-0.25, -0.2) is 0 Å². The van der Waals surface area contributed by atoms with Gasteiger partial charge in [-0.05, 0) is 49.9 Å². The predicted octanol–water partition coefficient (Wildman–Crippen LogP) is -1.25. The van der Waals surface area contributed by atoms with E-state index in [-0.39, 0.29) is 61.7 Å². The topological polar surface area (TPSA) is 166 Å². The van der Waals surface area contributed by atoms with E-state index in [4.69, 9.17) is 14.2 Å². The second kappa shape index (κ2) is 10.2. The first-order valence-corrected chi connectivity index (χ1v) is 13.1. The van der Waals surface area contributed by atoms with E-state index < -0.39 is 60.5 Å². The number of rotatable bonds is 4. The fourth-order valence-corrected chi connectivity index (χ4v) is 7.81. The van der Waals surface area contributed by atoms with E-state index in [9.17, 15) is 35.4 Å². The molecule has 10 nitrogen and oxygen atoms in total. The van der Waals surface area contributed by atoms with Gasteiger partial charge in [-0.3, -0.25) is 4.79 Å². The van der Waals surface area contributed by atoms with Crippen molar-refractivity contribution >= 4 is 5.78 Å². The standard InChI is InChI=1S/C25H40O10/c1-33-18-6-10(2-3-15(18)28)23-14(9-26)13-4-11(5-17(30)25(13)35-23)24-22(32)21(31)20-16(29)7-12(27)8-19(20)34-24/h10-20,22-30,32H,2-9H2,1H3/t10?,11?,12?,13?,14?,15?,16?,17?,18?,19?,20?,22-,23?,24+,25?/m0/s1. The van der Waals surface area contributed by atoms with Crippen LogP contribution in [0.4, 0.5) is 0 Å². The largest absolute Gasteiger partial charge is 0.396 e. The molecule has 0 aromatic heterocycles. The molecule has 3 aliphatic carbocycles. The number of carbonyl (C=O) groups excluding carboxylic acids is 1. The highest BCUT2D eigenvalue weighted by Crippen LogP contribution is 2.50. The smallest absolute Gasteiger partial charge is 0.172 e. The van der Waals surface area contributed by atoms with Crippen molar-refractivity contribution in [3.8, 4) is 0 Å². The molecule has 3 saturated carbocycles. The van der Waals surface area contributed by atoms with Gasteiger partial charge < -0.3 is 44.8 Å². The van der Waals surface area contributed by atoms with Crippen LogP contribution in [0.5, 0.6) is 0 Å². The van der Waals surface area contributed by atoms with E-state index in [0.29, 0.717) is 19.3 Å². The van der Waals surface area contributed by atoms with E-state index in [1.807, 2.05) is 0 Å². The van der Waals surface area contributed by atoms with Crippen molar-refractivity contribution in [3.05, 3.63) is 0 Å². The van der Waals surface area contributed by atoms with Crippen LogP contribution in [0.15, 0.2) is 0 Å². The summed E-state index contributed by atoms with van der Waals surface area (Å²) in [5, 5.41) is 62.8. The van der Waals surface area contributed by atoms with Gasteiger partial charge in [0.05, 0.1) is 60.9 Å². The van der Waals surface area contributed by atoms with E-state index in [1.165, 1.54) is 0 Å². The van der Waals surface area contributed by atoms with Crippen LogP contribution in [-0.4, -0.2) is 111 Å². The second-order valence-corrected chi connectivity index (χ2v) is 11.5. The average Bonchev–Trinajstić information content (AvgIpc) is 3.20. The summed E-state index contributed by atoms with van der Waals surface area (Å²) in [6, 6.07) is 0. The molecule has 15 atom stereocenters. The third-order valence-electron chi connectivity index (χ3n) is 9.54. The number of methoxy groups -OCH3 is 1. The molecule has 0 radical (unpaired) electrons. The number of carbonyl (C=O) groups is 1. The Labute approximate surface area is 205 Å². The Morgan fingerprint density at radius 2 is 1.60 bits per heavy atom. The number of aliphatic hydroxyl groups is 6.